The molecule has 0 aromatic heterocycles. The number of hydrogen-bond acceptors (Lipinski definition) is 6. The van der Waals surface area contributed by atoms with Crippen LogP contribution in [0.2, 0.25) is 5.02 Å². The van der Waals surface area contributed by atoms with Gasteiger partial charge in [-0.2, -0.15) is 0 Å². The molecule has 1 fully saturated rings. The molecule has 2 aliphatic rings. The number of halogens is 1. The lowest BCUT2D eigenvalue weighted by atomic mass is 9.57. The molecule has 222 valence electrons. The second kappa shape index (κ2) is 13.4. The van der Waals surface area contributed by atoms with Crippen molar-refractivity contribution in [1.82, 2.24) is 4.72 Å². The summed E-state index contributed by atoms with van der Waals surface area (Å²) in [6.45, 7) is 11.2. The SMILES string of the molecule is C=CCCS(=O)(=O)NC(=O)c1ccc2c(c1)N(C[C@H]1CC[C@@]1(C)[C@H](O)CC=C)CCCCc1cc(Cl)ccc1CO2. The fourth-order valence-electron chi connectivity index (χ4n) is 5.80. The highest BCUT2D eigenvalue weighted by Gasteiger charge is 2.48. The maximum Gasteiger partial charge on any atom is 0.264 e. The van der Waals surface area contributed by atoms with E-state index in [4.69, 9.17) is 16.3 Å². The molecule has 2 aromatic carbocycles. The lowest BCUT2D eigenvalue weighted by Gasteiger charge is -2.52. The summed E-state index contributed by atoms with van der Waals surface area (Å²) in [5, 5.41) is 11.6. The van der Waals surface area contributed by atoms with Crippen molar-refractivity contribution in [2.75, 3.05) is 23.7 Å². The largest absolute Gasteiger partial charge is 0.487 e. The highest BCUT2D eigenvalue weighted by atomic mass is 35.5. The average Bonchev–Trinajstić information content (AvgIpc) is 2.96. The van der Waals surface area contributed by atoms with Crippen molar-refractivity contribution in [3.05, 3.63) is 83.4 Å². The molecule has 7 nitrogen and oxygen atoms in total. The number of sulfonamides is 1. The molecule has 1 aliphatic carbocycles. The molecule has 1 saturated carbocycles. The minimum Gasteiger partial charge on any atom is -0.487 e. The first-order valence-corrected chi connectivity index (χ1v) is 16.3. The summed E-state index contributed by atoms with van der Waals surface area (Å²) in [6.07, 6.45) is 8.22. The zero-order valence-corrected chi connectivity index (χ0v) is 25.4. The van der Waals surface area contributed by atoms with E-state index in [2.05, 4.69) is 29.7 Å². The molecular weight excluding hydrogens is 560 g/mol. The Morgan fingerprint density at radius 1 is 1.22 bits per heavy atom. The smallest absolute Gasteiger partial charge is 0.264 e. The number of anilines is 1. The third kappa shape index (κ3) is 7.53. The van der Waals surface area contributed by atoms with Gasteiger partial charge in [-0.05, 0) is 97.7 Å². The van der Waals surface area contributed by atoms with Crippen LogP contribution in [0.5, 0.6) is 5.75 Å². The summed E-state index contributed by atoms with van der Waals surface area (Å²) >= 11 is 6.29. The molecule has 3 atom stereocenters. The average molecular weight is 601 g/mol. The fraction of sp³-hybridized carbons (Fsp3) is 0.469. The van der Waals surface area contributed by atoms with Gasteiger partial charge in [0.2, 0.25) is 10.0 Å². The molecule has 2 aromatic rings. The van der Waals surface area contributed by atoms with Gasteiger partial charge in [-0.3, -0.25) is 4.79 Å². The standard InChI is InChI=1S/C32H41ClN2O5S/c1-4-6-18-41(38,39)34-31(37)24-12-14-29-28(20-24)35(21-26-15-16-32(26,3)30(36)9-5-2)17-8-7-10-23-19-27(33)13-11-25(23)22-40-29/h4-5,11-14,19-20,26,30,36H,1-2,6-10,15-18,21-22H2,3H3,(H,34,37)/t26-,30-,32-/m1/s1. The first kappa shape index (κ1) is 31.1. The first-order chi connectivity index (χ1) is 19.6. The molecule has 1 amide bonds. The number of aliphatic hydroxyl groups is 1. The number of amides is 1. The number of ether oxygens (including phenoxy) is 1. The van der Waals surface area contributed by atoms with Crippen LogP contribution in [0.1, 0.15) is 66.9 Å². The number of nitrogens with zero attached hydrogens (tertiary/aromatic N) is 1. The molecule has 9 heteroatoms. The second-order valence-corrected chi connectivity index (χ2v) is 13.7. The molecular formula is C32H41ClN2O5S. The van der Waals surface area contributed by atoms with E-state index in [9.17, 15) is 18.3 Å². The Hall–Kier alpha value is -2.81. The quantitative estimate of drug-likeness (QED) is 0.322. The van der Waals surface area contributed by atoms with Gasteiger partial charge in [0.15, 0.2) is 0 Å². The molecule has 1 aliphatic heterocycles. The predicted octanol–water partition coefficient (Wildman–Crippen LogP) is 6.05. The molecule has 0 spiro atoms. The third-order valence-electron chi connectivity index (χ3n) is 8.63. The summed E-state index contributed by atoms with van der Waals surface area (Å²) in [5.41, 5.74) is 2.97. The van der Waals surface area contributed by atoms with E-state index >= 15 is 0 Å². The Bertz CT molecular complexity index is 1380. The molecule has 41 heavy (non-hydrogen) atoms. The Morgan fingerprint density at radius 3 is 2.73 bits per heavy atom. The number of aryl methyl sites for hydroxylation is 1. The van der Waals surface area contributed by atoms with Crippen LogP contribution in [0.15, 0.2) is 61.7 Å². The van der Waals surface area contributed by atoms with Crippen molar-refractivity contribution < 1.29 is 23.1 Å². The van der Waals surface area contributed by atoms with Gasteiger partial charge in [-0.25, -0.2) is 13.1 Å². The predicted molar refractivity (Wildman–Crippen MR) is 165 cm³/mol. The summed E-state index contributed by atoms with van der Waals surface area (Å²) in [7, 11) is -3.80. The lowest BCUT2D eigenvalue weighted by Crippen LogP contribution is -2.51. The van der Waals surface area contributed by atoms with Crippen LogP contribution in [0, 0.1) is 11.3 Å². The van der Waals surface area contributed by atoms with Crippen molar-refractivity contribution in [2.45, 2.75) is 64.6 Å². The zero-order valence-electron chi connectivity index (χ0n) is 23.8. The van der Waals surface area contributed by atoms with E-state index in [-0.39, 0.29) is 29.1 Å². The first-order valence-electron chi connectivity index (χ1n) is 14.3. The maximum absolute atomic E-state index is 13.1. The Balaban J connectivity index is 1.67. The minimum atomic E-state index is -3.80. The number of allylic oxidation sites excluding steroid dienone is 1. The van der Waals surface area contributed by atoms with Gasteiger partial charge in [0, 0.05) is 23.7 Å². The van der Waals surface area contributed by atoms with Gasteiger partial charge in [0.25, 0.3) is 5.91 Å². The van der Waals surface area contributed by atoms with Gasteiger partial charge in [-0.15, -0.1) is 13.2 Å². The molecule has 0 radical (unpaired) electrons. The van der Waals surface area contributed by atoms with Gasteiger partial charge < -0.3 is 14.7 Å². The number of carbonyl (C=O) groups excluding carboxylic acids is 1. The second-order valence-electron chi connectivity index (χ2n) is 11.4. The maximum atomic E-state index is 13.1. The molecule has 0 unspecified atom stereocenters. The summed E-state index contributed by atoms with van der Waals surface area (Å²) in [4.78, 5) is 15.3. The number of fused-ring (bicyclic) bond motifs is 2. The zero-order chi connectivity index (χ0) is 29.6. The van der Waals surface area contributed by atoms with Gasteiger partial charge in [0.1, 0.15) is 12.4 Å². The monoisotopic (exact) mass is 600 g/mol. The van der Waals surface area contributed by atoms with Crippen LogP contribution >= 0.6 is 11.6 Å². The topological polar surface area (TPSA) is 95.9 Å². The van der Waals surface area contributed by atoms with E-state index in [0.717, 1.165) is 55.5 Å². The number of aliphatic hydroxyl groups excluding tert-OH is 1. The lowest BCUT2D eigenvalue weighted by molar-refractivity contribution is -0.0693. The molecule has 1 heterocycles. The van der Waals surface area contributed by atoms with Crippen LogP contribution < -0.4 is 14.4 Å². The van der Waals surface area contributed by atoms with Gasteiger partial charge in [-0.1, -0.05) is 36.7 Å². The molecule has 2 N–H and O–H groups in total. The number of benzene rings is 2. The van der Waals surface area contributed by atoms with Crippen molar-refractivity contribution in [3.8, 4) is 5.75 Å². The third-order valence-corrected chi connectivity index (χ3v) is 10.1. The summed E-state index contributed by atoms with van der Waals surface area (Å²) in [6, 6.07) is 10.9. The van der Waals surface area contributed by atoms with E-state index in [0.29, 0.717) is 30.3 Å². The summed E-state index contributed by atoms with van der Waals surface area (Å²) < 4.78 is 33.4. The highest BCUT2D eigenvalue weighted by Crippen LogP contribution is 2.51. The number of carbonyl (C=O) groups is 1. The van der Waals surface area contributed by atoms with E-state index in [1.165, 1.54) is 6.08 Å². The van der Waals surface area contributed by atoms with Crippen LogP contribution in [-0.2, 0) is 23.1 Å². The van der Waals surface area contributed by atoms with Crippen LogP contribution in [0.4, 0.5) is 5.69 Å². The van der Waals surface area contributed by atoms with Gasteiger partial charge in [0.05, 0.1) is 17.5 Å². The number of hydrogen-bond donors (Lipinski definition) is 2. The Kier molecular flexibility index (Phi) is 10.2. The van der Waals surface area contributed by atoms with E-state index < -0.39 is 22.0 Å². The fourth-order valence-corrected chi connectivity index (χ4v) is 6.98. The Labute approximate surface area is 249 Å². The highest BCUT2D eigenvalue weighted by molar-refractivity contribution is 7.90. The summed E-state index contributed by atoms with van der Waals surface area (Å²) in [5.74, 6) is -0.0326. The van der Waals surface area contributed by atoms with Crippen molar-refractivity contribution in [3.63, 3.8) is 0 Å². The van der Waals surface area contributed by atoms with Crippen molar-refractivity contribution in [2.24, 2.45) is 11.3 Å². The number of rotatable bonds is 10. The molecule has 0 saturated heterocycles. The van der Waals surface area contributed by atoms with Crippen molar-refractivity contribution >= 4 is 33.2 Å². The van der Waals surface area contributed by atoms with Crippen molar-refractivity contribution in [1.29, 1.82) is 0 Å². The molecule has 0 bridgehead atoms. The van der Waals surface area contributed by atoms with E-state index in [1.54, 1.807) is 24.3 Å². The van der Waals surface area contributed by atoms with E-state index in [1.807, 2.05) is 18.2 Å². The van der Waals surface area contributed by atoms with Gasteiger partial charge >= 0.3 is 0 Å². The normalized spacial score (nSPS) is 21.6. The van der Waals surface area contributed by atoms with Crippen LogP contribution in [0.3, 0.4) is 0 Å². The number of nitrogens with one attached hydrogen (secondary N) is 1. The van der Waals surface area contributed by atoms with Crippen LogP contribution in [0.25, 0.3) is 0 Å². The Morgan fingerprint density at radius 2 is 2.02 bits per heavy atom. The minimum absolute atomic E-state index is 0.209. The molecule has 4 rings (SSSR count). The van der Waals surface area contributed by atoms with Crippen LogP contribution in [-0.4, -0.2) is 44.4 Å².